The zero-order valence-corrected chi connectivity index (χ0v) is 32.0. The van der Waals surface area contributed by atoms with Gasteiger partial charge in [0.05, 0.1) is 5.41 Å². The Morgan fingerprint density at radius 1 is 0.271 bits per heavy atom. The fourth-order valence-electron chi connectivity index (χ4n) is 9.93. The number of hydrogen-bond donors (Lipinski definition) is 0. The Balaban J connectivity index is 1.10. The van der Waals surface area contributed by atoms with Gasteiger partial charge >= 0.3 is 0 Å². The average molecular weight is 750 g/mol. The van der Waals surface area contributed by atoms with Crippen LogP contribution in [0.15, 0.2) is 212 Å². The molecule has 1 aromatic heterocycles. The van der Waals surface area contributed by atoms with E-state index in [-0.39, 0.29) is 0 Å². The fourth-order valence-corrected chi connectivity index (χ4v) is 9.93. The van der Waals surface area contributed by atoms with Crippen LogP contribution in [0.4, 0.5) is 0 Å². The molecule has 3 nitrogen and oxygen atoms in total. The first-order valence-electron chi connectivity index (χ1n) is 20.2. The van der Waals surface area contributed by atoms with Crippen LogP contribution >= 0.6 is 0 Å². The van der Waals surface area contributed by atoms with Gasteiger partial charge < -0.3 is 0 Å². The molecular formula is C56H35N3. The lowest BCUT2D eigenvalue weighted by atomic mass is 9.70. The van der Waals surface area contributed by atoms with Gasteiger partial charge in [-0.25, -0.2) is 15.0 Å². The van der Waals surface area contributed by atoms with E-state index in [1.54, 1.807) is 0 Å². The number of hydrogen-bond acceptors (Lipinski definition) is 3. The van der Waals surface area contributed by atoms with Gasteiger partial charge in [-0.3, -0.25) is 0 Å². The predicted octanol–water partition coefficient (Wildman–Crippen LogP) is 13.7. The molecule has 1 spiro atoms. The Kier molecular flexibility index (Phi) is 7.45. The van der Waals surface area contributed by atoms with Gasteiger partial charge in [-0.2, -0.15) is 0 Å². The third kappa shape index (κ3) is 4.98. The summed E-state index contributed by atoms with van der Waals surface area (Å²) in [5, 5.41) is 2.39. The monoisotopic (exact) mass is 749 g/mol. The molecule has 274 valence electrons. The van der Waals surface area contributed by atoms with Crippen molar-refractivity contribution in [2.75, 3.05) is 0 Å². The summed E-state index contributed by atoms with van der Waals surface area (Å²) in [6, 6.07) is 76.4. The van der Waals surface area contributed by atoms with E-state index in [1.165, 1.54) is 72.0 Å². The van der Waals surface area contributed by atoms with Crippen molar-refractivity contribution in [1.82, 2.24) is 15.0 Å². The maximum Gasteiger partial charge on any atom is 0.164 e. The minimum absolute atomic E-state index is 0.419. The molecule has 3 heteroatoms. The van der Waals surface area contributed by atoms with E-state index in [0.29, 0.717) is 17.5 Å². The first-order valence-corrected chi connectivity index (χ1v) is 20.2. The maximum atomic E-state index is 5.10. The second-order valence-corrected chi connectivity index (χ2v) is 15.4. The van der Waals surface area contributed by atoms with Crippen molar-refractivity contribution in [3.05, 3.63) is 235 Å². The summed E-state index contributed by atoms with van der Waals surface area (Å²) < 4.78 is 0. The second-order valence-electron chi connectivity index (χ2n) is 15.4. The van der Waals surface area contributed by atoms with Crippen LogP contribution < -0.4 is 0 Å². The molecule has 12 rings (SSSR count). The molecule has 0 atom stereocenters. The molecule has 0 saturated heterocycles. The van der Waals surface area contributed by atoms with Gasteiger partial charge in [0.25, 0.3) is 0 Å². The highest BCUT2D eigenvalue weighted by molar-refractivity contribution is 6.08. The molecule has 59 heavy (non-hydrogen) atoms. The summed E-state index contributed by atoms with van der Waals surface area (Å²) in [6.07, 6.45) is 0. The number of fused-ring (bicyclic) bond motifs is 11. The zero-order chi connectivity index (χ0) is 38.9. The summed E-state index contributed by atoms with van der Waals surface area (Å²) in [4.78, 5) is 15.2. The van der Waals surface area contributed by atoms with Crippen LogP contribution in [0.5, 0.6) is 0 Å². The van der Waals surface area contributed by atoms with Gasteiger partial charge in [0, 0.05) is 16.7 Å². The largest absolute Gasteiger partial charge is 0.208 e. The molecule has 0 saturated carbocycles. The molecule has 2 aliphatic carbocycles. The predicted molar refractivity (Wildman–Crippen MR) is 241 cm³/mol. The van der Waals surface area contributed by atoms with Crippen molar-refractivity contribution in [2.24, 2.45) is 0 Å². The molecule has 9 aromatic carbocycles. The Morgan fingerprint density at radius 3 is 1.37 bits per heavy atom. The average Bonchev–Trinajstić information content (AvgIpc) is 3.79. The van der Waals surface area contributed by atoms with Gasteiger partial charge in [-0.05, 0) is 83.6 Å². The summed E-state index contributed by atoms with van der Waals surface area (Å²) >= 11 is 0. The minimum atomic E-state index is -0.419. The Labute approximate surface area is 343 Å². The minimum Gasteiger partial charge on any atom is -0.208 e. The molecular weight excluding hydrogens is 715 g/mol. The Bertz CT molecular complexity index is 3170. The van der Waals surface area contributed by atoms with E-state index in [2.05, 4.69) is 176 Å². The highest BCUT2D eigenvalue weighted by Crippen LogP contribution is 2.64. The SMILES string of the molecule is c1ccc(-c2nc(-c3ccccc3)nc(-c3cccc(-c4c(-c5cccc6c5-c5ccccc5C65c6ccccc6-c6ccccc65)ccc5ccccc45)c3)n2)cc1. The third-order valence-electron chi connectivity index (χ3n) is 12.3. The van der Waals surface area contributed by atoms with Gasteiger partial charge in [-0.15, -0.1) is 0 Å². The molecule has 0 radical (unpaired) electrons. The molecule has 2 aliphatic rings. The van der Waals surface area contributed by atoms with E-state index < -0.39 is 5.41 Å². The van der Waals surface area contributed by atoms with Gasteiger partial charge in [0.1, 0.15) is 0 Å². The highest BCUT2D eigenvalue weighted by atomic mass is 15.0. The summed E-state index contributed by atoms with van der Waals surface area (Å²) in [5.74, 6) is 1.93. The van der Waals surface area contributed by atoms with Gasteiger partial charge in [-0.1, -0.05) is 206 Å². The van der Waals surface area contributed by atoms with Crippen molar-refractivity contribution in [1.29, 1.82) is 0 Å². The van der Waals surface area contributed by atoms with Crippen molar-refractivity contribution >= 4 is 10.8 Å². The summed E-state index contributed by atoms with van der Waals surface area (Å²) in [6.45, 7) is 0. The molecule has 1 heterocycles. The summed E-state index contributed by atoms with van der Waals surface area (Å²) in [5.41, 5.74) is 17.7. The molecule has 0 unspecified atom stereocenters. The van der Waals surface area contributed by atoms with Gasteiger partial charge in [0.15, 0.2) is 17.5 Å². The van der Waals surface area contributed by atoms with E-state index in [0.717, 1.165) is 22.3 Å². The van der Waals surface area contributed by atoms with Crippen LogP contribution in [0.2, 0.25) is 0 Å². The van der Waals surface area contributed by atoms with Gasteiger partial charge in [0.2, 0.25) is 0 Å². The van der Waals surface area contributed by atoms with Crippen LogP contribution in [0.25, 0.3) is 89.4 Å². The number of rotatable bonds is 5. The van der Waals surface area contributed by atoms with Crippen LogP contribution in [-0.2, 0) is 5.41 Å². The summed E-state index contributed by atoms with van der Waals surface area (Å²) in [7, 11) is 0. The van der Waals surface area contributed by atoms with E-state index >= 15 is 0 Å². The van der Waals surface area contributed by atoms with Crippen molar-refractivity contribution in [2.45, 2.75) is 5.41 Å². The lowest BCUT2D eigenvalue weighted by Crippen LogP contribution is -2.25. The van der Waals surface area contributed by atoms with E-state index in [1.807, 2.05) is 36.4 Å². The highest BCUT2D eigenvalue weighted by Gasteiger charge is 2.52. The lowest BCUT2D eigenvalue weighted by Gasteiger charge is -2.30. The smallest absolute Gasteiger partial charge is 0.164 e. The molecule has 0 amide bonds. The maximum absolute atomic E-state index is 5.10. The van der Waals surface area contributed by atoms with E-state index in [4.69, 9.17) is 15.0 Å². The number of aromatic nitrogens is 3. The molecule has 0 bridgehead atoms. The first kappa shape index (κ1) is 33.4. The molecule has 0 N–H and O–H groups in total. The zero-order valence-electron chi connectivity index (χ0n) is 32.0. The van der Waals surface area contributed by atoms with E-state index in [9.17, 15) is 0 Å². The Hall–Kier alpha value is -7.75. The standard InChI is InChI=1S/C56H35N3/c1-3-18-37(19-4-1)53-57-54(38-20-5-2-6-21-38)59-55(58-53)40-23-15-22-39(35-40)51-41-24-8-7-17-36(41)33-34-45(51)44-28-16-32-50-52(44)46-27-11-14-31-49(46)56(50)47-29-12-9-25-42(47)43-26-10-13-30-48(43)56/h1-35H. The number of benzene rings is 9. The lowest BCUT2D eigenvalue weighted by molar-refractivity contribution is 0.794. The number of nitrogens with zero attached hydrogens (tertiary/aromatic N) is 3. The van der Waals surface area contributed by atoms with Crippen LogP contribution in [0.3, 0.4) is 0 Å². The van der Waals surface area contributed by atoms with Crippen LogP contribution in [0.1, 0.15) is 22.3 Å². The van der Waals surface area contributed by atoms with Crippen LogP contribution in [0, 0.1) is 0 Å². The topological polar surface area (TPSA) is 38.7 Å². The second kappa shape index (κ2) is 13.2. The van der Waals surface area contributed by atoms with Crippen molar-refractivity contribution in [3.63, 3.8) is 0 Å². The van der Waals surface area contributed by atoms with Crippen LogP contribution in [-0.4, -0.2) is 15.0 Å². The molecule has 10 aromatic rings. The van der Waals surface area contributed by atoms with Crippen molar-refractivity contribution < 1.29 is 0 Å². The quantitative estimate of drug-likeness (QED) is 0.176. The fraction of sp³-hybridized carbons (Fsp3) is 0.0179. The first-order chi connectivity index (χ1) is 29.3. The third-order valence-corrected chi connectivity index (χ3v) is 12.3. The molecule has 0 fully saturated rings. The van der Waals surface area contributed by atoms with Crippen molar-refractivity contribution in [3.8, 4) is 78.7 Å². The molecule has 0 aliphatic heterocycles. The Morgan fingerprint density at radius 2 is 0.712 bits per heavy atom. The normalized spacial score (nSPS) is 12.9.